The quantitative estimate of drug-likeness (QED) is 0.882. The van der Waals surface area contributed by atoms with Gasteiger partial charge in [0.15, 0.2) is 0 Å². The molecule has 1 atom stereocenters. The number of ether oxygens (including phenoxy) is 1. The molecule has 100 valence electrons. The second-order valence-corrected chi connectivity index (χ2v) is 5.36. The van der Waals surface area contributed by atoms with Crippen molar-refractivity contribution < 1.29 is 9.84 Å². The van der Waals surface area contributed by atoms with E-state index in [1.54, 1.807) is 12.1 Å². The van der Waals surface area contributed by atoms with Crippen molar-refractivity contribution in [2.24, 2.45) is 0 Å². The predicted octanol–water partition coefficient (Wildman–Crippen LogP) is 4.58. The fourth-order valence-electron chi connectivity index (χ4n) is 1.82. The van der Waals surface area contributed by atoms with Crippen LogP contribution in [0.4, 0.5) is 0 Å². The lowest BCUT2D eigenvalue weighted by Crippen LogP contribution is -2.01. The average molecular weight is 342 g/mol. The minimum absolute atomic E-state index is 0.630. The van der Waals surface area contributed by atoms with Gasteiger partial charge in [-0.2, -0.15) is 0 Å². The van der Waals surface area contributed by atoms with Crippen molar-refractivity contribution >= 4 is 27.5 Å². The number of aliphatic hydroxyl groups excluding tert-OH is 1. The zero-order valence-corrected chi connectivity index (χ0v) is 12.8. The lowest BCUT2D eigenvalue weighted by Gasteiger charge is -2.14. The largest absolute Gasteiger partial charge is 0.494 e. The Morgan fingerprint density at radius 3 is 2.47 bits per heavy atom. The molecule has 1 unspecified atom stereocenters. The summed E-state index contributed by atoms with van der Waals surface area (Å²) in [6.45, 7) is 2.57. The maximum absolute atomic E-state index is 10.4. The van der Waals surface area contributed by atoms with Crippen LogP contribution >= 0.6 is 27.5 Å². The standard InChI is InChI=1S/C15H14BrClO2/c1-2-19-12-6-3-10(4-7-12)15(18)13-8-5-11(17)9-14(13)16/h3-9,15,18H,2H2,1H3. The number of hydrogen-bond donors (Lipinski definition) is 1. The topological polar surface area (TPSA) is 29.5 Å². The molecule has 0 aliphatic heterocycles. The molecule has 2 aromatic rings. The first-order valence-electron chi connectivity index (χ1n) is 5.97. The third-order valence-corrected chi connectivity index (χ3v) is 3.69. The molecule has 0 heterocycles. The number of aliphatic hydroxyl groups is 1. The third kappa shape index (κ3) is 3.50. The predicted molar refractivity (Wildman–Crippen MR) is 80.8 cm³/mol. The van der Waals surface area contributed by atoms with E-state index < -0.39 is 6.10 Å². The molecule has 0 saturated heterocycles. The Kier molecular flexibility index (Phi) is 4.86. The Bertz CT molecular complexity index is 555. The first-order valence-corrected chi connectivity index (χ1v) is 7.14. The lowest BCUT2D eigenvalue weighted by atomic mass is 10.0. The van der Waals surface area contributed by atoms with E-state index in [-0.39, 0.29) is 0 Å². The van der Waals surface area contributed by atoms with Gasteiger partial charge in [-0.3, -0.25) is 0 Å². The van der Waals surface area contributed by atoms with Gasteiger partial charge in [0.25, 0.3) is 0 Å². The molecule has 1 N–H and O–H groups in total. The summed E-state index contributed by atoms with van der Waals surface area (Å²) in [6, 6.07) is 12.8. The summed E-state index contributed by atoms with van der Waals surface area (Å²) >= 11 is 9.31. The highest BCUT2D eigenvalue weighted by Gasteiger charge is 2.13. The zero-order chi connectivity index (χ0) is 13.8. The van der Waals surface area contributed by atoms with Gasteiger partial charge in [-0.05, 0) is 42.3 Å². The molecule has 0 radical (unpaired) electrons. The molecular weight excluding hydrogens is 328 g/mol. The molecule has 0 saturated carbocycles. The van der Waals surface area contributed by atoms with Crippen molar-refractivity contribution in [2.45, 2.75) is 13.0 Å². The summed E-state index contributed by atoms with van der Waals surface area (Å²) in [5.74, 6) is 0.800. The Morgan fingerprint density at radius 1 is 1.21 bits per heavy atom. The van der Waals surface area contributed by atoms with E-state index >= 15 is 0 Å². The highest BCUT2D eigenvalue weighted by molar-refractivity contribution is 9.10. The Balaban J connectivity index is 2.25. The van der Waals surface area contributed by atoms with E-state index in [4.69, 9.17) is 16.3 Å². The summed E-state index contributed by atoms with van der Waals surface area (Å²) in [7, 11) is 0. The summed E-state index contributed by atoms with van der Waals surface area (Å²) in [5, 5.41) is 11.0. The van der Waals surface area contributed by atoms with E-state index in [2.05, 4.69) is 15.9 Å². The fourth-order valence-corrected chi connectivity index (χ4v) is 2.72. The zero-order valence-electron chi connectivity index (χ0n) is 10.4. The second-order valence-electron chi connectivity index (χ2n) is 4.07. The maximum Gasteiger partial charge on any atom is 0.119 e. The SMILES string of the molecule is CCOc1ccc(C(O)c2ccc(Cl)cc2Br)cc1. The normalized spacial score (nSPS) is 12.2. The molecule has 2 aromatic carbocycles. The fraction of sp³-hybridized carbons (Fsp3) is 0.200. The molecule has 2 nitrogen and oxygen atoms in total. The van der Waals surface area contributed by atoms with Gasteiger partial charge in [0.2, 0.25) is 0 Å². The molecular formula is C15H14BrClO2. The van der Waals surface area contributed by atoms with Gasteiger partial charge < -0.3 is 9.84 Å². The number of rotatable bonds is 4. The maximum atomic E-state index is 10.4. The number of hydrogen-bond acceptors (Lipinski definition) is 2. The minimum atomic E-state index is -0.692. The molecule has 19 heavy (non-hydrogen) atoms. The van der Waals surface area contributed by atoms with Gasteiger partial charge in [-0.1, -0.05) is 45.7 Å². The first kappa shape index (κ1) is 14.4. The van der Waals surface area contributed by atoms with Gasteiger partial charge >= 0.3 is 0 Å². The first-order chi connectivity index (χ1) is 9.11. The second kappa shape index (κ2) is 6.42. The van der Waals surface area contributed by atoms with Gasteiger partial charge in [0, 0.05) is 9.50 Å². The van der Waals surface area contributed by atoms with E-state index in [1.807, 2.05) is 37.3 Å². The summed E-state index contributed by atoms with van der Waals surface area (Å²) in [5.41, 5.74) is 1.60. The van der Waals surface area contributed by atoms with Crippen LogP contribution in [-0.4, -0.2) is 11.7 Å². The lowest BCUT2D eigenvalue weighted by molar-refractivity contribution is 0.219. The van der Waals surface area contributed by atoms with Crippen LogP contribution in [0.3, 0.4) is 0 Å². The minimum Gasteiger partial charge on any atom is -0.494 e. The Labute approximate surface area is 126 Å². The van der Waals surface area contributed by atoms with Gasteiger partial charge in [0.1, 0.15) is 11.9 Å². The van der Waals surface area contributed by atoms with Crippen molar-refractivity contribution in [3.63, 3.8) is 0 Å². The van der Waals surface area contributed by atoms with E-state index in [0.29, 0.717) is 11.6 Å². The molecule has 0 aromatic heterocycles. The van der Waals surface area contributed by atoms with Gasteiger partial charge in [0.05, 0.1) is 6.61 Å². The molecule has 4 heteroatoms. The summed E-state index contributed by atoms with van der Waals surface area (Å²) in [4.78, 5) is 0. The van der Waals surface area contributed by atoms with E-state index in [1.165, 1.54) is 0 Å². The van der Waals surface area contributed by atoms with Crippen LogP contribution < -0.4 is 4.74 Å². The van der Waals surface area contributed by atoms with Crippen LogP contribution in [0.1, 0.15) is 24.2 Å². The monoisotopic (exact) mass is 340 g/mol. The third-order valence-electron chi connectivity index (χ3n) is 2.76. The molecule has 0 fully saturated rings. The molecule has 0 amide bonds. The van der Waals surface area contributed by atoms with Crippen LogP contribution in [0.15, 0.2) is 46.9 Å². The Morgan fingerprint density at radius 2 is 1.89 bits per heavy atom. The number of halogens is 2. The van der Waals surface area contributed by atoms with Gasteiger partial charge in [-0.15, -0.1) is 0 Å². The van der Waals surface area contributed by atoms with Crippen LogP contribution in [0, 0.1) is 0 Å². The molecule has 0 aliphatic rings. The van der Waals surface area contributed by atoms with E-state index in [0.717, 1.165) is 21.3 Å². The van der Waals surface area contributed by atoms with Crippen LogP contribution in [0.25, 0.3) is 0 Å². The van der Waals surface area contributed by atoms with Gasteiger partial charge in [-0.25, -0.2) is 0 Å². The average Bonchev–Trinajstić information content (AvgIpc) is 2.39. The van der Waals surface area contributed by atoms with Crippen molar-refractivity contribution in [3.8, 4) is 5.75 Å². The molecule has 0 bridgehead atoms. The van der Waals surface area contributed by atoms with Crippen LogP contribution in [0.2, 0.25) is 5.02 Å². The van der Waals surface area contributed by atoms with Crippen molar-refractivity contribution in [2.75, 3.05) is 6.61 Å². The number of benzene rings is 2. The van der Waals surface area contributed by atoms with Crippen LogP contribution in [0.5, 0.6) is 5.75 Å². The van der Waals surface area contributed by atoms with Crippen molar-refractivity contribution in [3.05, 3.63) is 63.1 Å². The van der Waals surface area contributed by atoms with Crippen LogP contribution in [-0.2, 0) is 0 Å². The molecule has 0 aliphatic carbocycles. The highest BCUT2D eigenvalue weighted by Crippen LogP contribution is 2.31. The van der Waals surface area contributed by atoms with Crippen molar-refractivity contribution in [1.82, 2.24) is 0 Å². The van der Waals surface area contributed by atoms with E-state index in [9.17, 15) is 5.11 Å². The molecule has 0 spiro atoms. The summed E-state index contributed by atoms with van der Waals surface area (Å²) in [6.07, 6.45) is -0.692. The smallest absolute Gasteiger partial charge is 0.119 e. The highest BCUT2D eigenvalue weighted by atomic mass is 79.9. The van der Waals surface area contributed by atoms with Crippen molar-refractivity contribution in [1.29, 1.82) is 0 Å². The Hall–Kier alpha value is -1.03. The summed E-state index contributed by atoms with van der Waals surface area (Å²) < 4.78 is 6.17. The molecule has 2 rings (SSSR count).